The van der Waals surface area contributed by atoms with Crippen LogP contribution in [-0.4, -0.2) is 40.4 Å². The molecule has 0 spiro atoms. The number of pyridine rings is 1. The third-order valence-electron chi connectivity index (χ3n) is 5.76. The van der Waals surface area contributed by atoms with Crippen LogP contribution >= 0.6 is 11.6 Å². The van der Waals surface area contributed by atoms with Crippen molar-refractivity contribution in [1.29, 1.82) is 0 Å². The normalized spacial score (nSPS) is 17.3. The van der Waals surface area contributed by atoms with Crippen LogP contribution < -0.4 is 14.8 Å². The van der Waals surface area contributed by atoms with Gasteiger partial charge in [0.15, 0.2) is 5.69 Å². The zero-order valence-electron chi connectivity index (χ0n) is 17.2. The van der Waals surface area contributed by atoms with Crippen molar-refractivity contribution in [1.82, 2.24) is 20.1 Å². The summed E-state index contributed by atoms with van der Waals surface area (Å²) >= 11 is 6.12. The maximum Gasteiger partial charge on any atom is 0.272 e. The topological polar surface area (TPSA) is 78.3 Å². The van der Waals surface area contributed by atoms with Crippen LogP contribution in [0.3, 0.4) is 0 Å². The van der Waals surface area contributed by atoms with Gasteiger partial charge in [-0.3, -0.25) is 9.48 Å². The van der Waals surface area contributed by atoms with E-state index in [1.807, 2.05) is 35.0 Å². The van der Waals surface area contributed by atoms with Gasteiger partial charge in [-0.15, -0.1) is 0 Å². The predicted octanol–water partition coefficient (Wildman–Crippen LogP) is 3.68. The summed E-state index contributed by atoms with van der Waals surface area (Å²) in [4.78, 5) is 17.9. The SMILES string of the molecule is COc1cccc(-c2c(C(=O)N[C@H]3COc4ccc(Cl)cc4C3)nn3c2CCCC3)n1. The number of aromatic nitrogens is 3. The monoisotopic (exact) mass is 438 g/mol. The molecule has 160 valence electrons. The Morgan fingerprint density at radius 2 is 2.19 bits per heavy atom. The first kappa shape index (κ1) is 19.9. The first-order chi connectivity index (χ1) is 15.1. The lowest BCUT2D eigenvalue weighted by atomic mass is 10.0. The summed E-state index contributed by atoms with van der Waals surface area (Å²) in [7, 11) is 1.58. The van der Waals surface area contributed by atoms with E-state index in [-0.39, 0.29) is 11.9 Å². The van der Waals surface area contributed by atoms with Gasteiger partial charge in [0.1, 0.15) is 12.4 Å². The molecule has 0 saturated carbocycles. The van der Waals surface area contributed by atoms with E-state index in [0.29, 0.717) is 35.3 Å². The summed E-state index contributed by atoms with van der Waals surface area (Å²) in [5, 5.41) is 8.42. The number of carbonyl (C=O) groups is 1. The minimum atomic E-state index is -0.222. The molecule has 1 N–H and O–H groups in total. The van der Waals surface area contributed by atoms with E-state index in [9.17, 15) is 4.79 Å². The highest BCUT2D eigenvalue weighted by molar-refractivity contribution is 6.30. The Kier molecular flexibility index (Phi) is 5.28. The van der Waals surface area contributed by atoms with Gasteiger partial charge in [-0.2, -0.15) is 5.10 Å². The zero-order valence-corrected chi connectivity index (χ0v) is 18.0. The van der Waals surface area contributed by atoms with E-state index >= 15 is 0 Å². The third kappa shape index (κ3) is 3.85. The van der Waals surface area contributed by atoms with E-state index in [1.54, 1.807) is 13.2 Å². The fourth-order valence-electron chi connectivity index (χ4n) is 4.30. The van der Waals surface area contributed by atoms with Crippen LogP contribution in [-0.2, 0) is 19.4 Å². The number of benzene rings is 1. The van der Waals surface area contributed by atoms with E-state index in [2.05, 4.69) is 15.4 Å². The number of methoxy groups -OCH3 is 1. The fraction of sp³-hybridized carbons (Fsp3) is 0.348. The molecule has 1 amide bonds. The van der Waals surface area contributed by atoms with Gasteiger partial charge >= 0.3 is 0 Å². The van der Waals surface area contributed by atoms with Gasteiger partial charge in [-0.25, -0.2) is 4.98 Å². The summed E-state index contributed by atoms with van der Waals surface area (Å²) in [6.45, 7) is 1.21. The minimum absolute atomic E-state index is 0.164. The molecular weight excluding hydrogens is 416 g/mol. The van der Waals surface area contributed by atoms with Gasteiger partial charge < -0.3 is 14.8 Å². The number of nitrogens with zero attached hydrogens (tertiary/aromatic N) is 3. The van der Waals surface area contributed by atoms with Crippen LogP contribution in [0.1, 0.15) is 34.6 Å². The van der Waals surface area contributed by atoms with Gasteiger partial charge in [-0.1, -0.05) is 17.7 Å². The van der Waals surface area contributed by atoms with Gasteiger partial charge in [0.2, 0.25) is 5.88 Å². The lowest BCUT2D eigenvalue weighted by molar-refractivity contribution is 0.0910. The second-order valence-electron chi connectivity index (χ2n) is 7.85. The van der Waals surface area contributed by atoms with Gasteiger partial charge in [0.25, 0.3) is 5.91 Å². The van der Waals surface area contributed by atoms with Gasteiger partial charge in [0, 0.05) is 23.3 Å². The molecule has 0 unspecified atom stereocenters. The summed E-state index contributed by atoms with van der Waals surface area (Å²) in [6, 6.07) is 11.0. The lowest BCUT2D eigenvalue weighted by Gasteiger charge is -2.26. The van der Waals surface area contributed by atoms with Crippen molar-refractivity contribution in [3.05, 3.63) is 58.4 Å². The van der Waals surface area contributed by atoms with Crippen LogP contribution in [0.2, 0.25) is 5.02 Å². The number of halogens is 1. The maximum atomic E-state index is 13.3. The predicted molar refractivity (Wildman–Crippen MR) is 117 cm³/mol. The Morgan fingerprint density at radius 1 is 1.29 bits per heavy atom. The molecule has 3 aromatic rings. The quantitative estimate of drug-likeness (QED) is 0.672. The molecule has 0 aliphatic carbocycles. The van der Waals surface area contributed by atoms with Crippen LogP contribution in [0, 0.1) is 0 Å². The molecule has 1 atom stereocenters. The number of ether oxygens (including phenoxy) is 2. The highest BCUT2D eigenvalue weighted by atomic mass is 35.5. The summed E-state index contributed by atoms with van der Waals surface area (Å²) < 4.78 is 13.1. The molecule has 4 heterocycles. The summed E-state index contributed by atoms with van der Waals surface area (Å²) in [5.41, 5.74) is 3.92. The standard InChI is InChI=1S/C23H23ClN4O3/c1-30-20-7-4-5-17(26-20)21-18-6-2-3-10-28(18)27-22(21)23(29)25-16-12-14-11-15(24)8-9-19(14)31-13-16/h4-5,7-9,11,16H,2-3,6,10,12-13H2,1H3,(H,25,29)/t16-/m1/s1. The smallest absolute Gasteiger partial charge is 0.272 e. The average Bonchev–Trinajstić information content (AvgIpc) is 3.18. The first-order valence-electron chi connectivity index (χ1n) is 10.5. The molecule has 8 heteroatoms. The average molecular weight is 439 g/mol. The largest absolute Gasteiger partial charge is 0.491 e. The number of fused-ring (bicyclic) bond motifs is 2. The van der Waals surface area contributed by atoms with Crippen molar-refractivity contribution in [2.75, 3.05) is 13.7 Å². The second-order valence-corrected chi connectivity index (χ2v) is 8.29. The van der Waals surface area contributed by atoms with Crippen molar-refractivity contribution in [2.24, 2.45) is 0 Å². The van der Waals surface area contributed by atoms with Crippen molar-refractivity contribution in [3.8, 4) is 22.9 Å². The van der Waals surface area contributed by atoms with E-state index in [1.165, 1.54) is 0 Å². The molecule has 31 heavy (non-hydrogen) atoms. The van der Waals surface area contributed by atoms with Crippen LogP contribution in [0.25, 0.3) is 11.3 Å². The highest BCUT2D eigenvalue weighted by Gasteiger charge is 2.29. The second kappa shape index (κ2) is 8.23. The third-order valence-corrected chi connectivity index (χ3v) is 5.99. The molecule has 0 radical (unpaired) electrons. The number of nitrogens with one attached hydrogen (secondary N) is 1. The Hall–Kier alpha value is -3.06. The van der Waals surface area contributed by atoms with Crippen molar-refractivity contribution < 1.29 is 14.3 Å². The maximum absolute atomic E-state index is 13.3. The minimum Gasteiger partial charge on any atom is -0.491 e. The van der Waals surface area contributed by atoms with Crippen LogP contribution in [0.15, 0.2) is 36.4 Å². The molecule has 7 nitrogen and oxygen atoms in total. The Bertz CT molecular complexity index is 1140. The number of amides is 1. The Labute approximate surface area is 185 Å². The number of hydrogen-bond donors (Lipinski definition) is 1. The molecule has 0 bridgehead atoms. The van der Waals surface area contributed by atoms with Crippen LogP contribution in [0.5, 0.6) is 11.6 Å². The molecule has 0 saturated heterocycles. The Balaban J connectivity index is 1.46. The number of aryl methyl sites for hydroxylation is 1. The van der Waals surface area contributed by atoms with Gasteiger partial charge in [0.05, 0.1) is 24.4 Å². The van der Waals surface area contributed by atoms with Crippen molar-refractivity contribution >= 4 is 17.5 Å². The molecule has 2 aliphatic rings. The summed E-state index contributed by atoms with van der Waals surface area (Å²) in [5.74, 6) is 1.10. The summed E-state index contributed by atoms with van der Waals surface area (Å²) in [6.07, 6.45) is 3.64. The van der Waals surface area contributed by atoms with E-state index < -0.39 is 0 Å². The van der Waals surface area contributed by atoms with Crippen molar-refractivity contribution in [3.63, 3.8) is 0 Å². The van der Waals surface area contributed by atoms with E-state index in [4.69, 9.17) is 21.1 Å². The zero-order chi connectivity index (χ0) is 21.4. The molecule has 1 aromatic carbocycles. The fourth-order valence-corrected chi connectivity index (χ4v) is 4.49. The van der Waals surface area contributed by atoms with Gasteiger partial charge in [-0.05, 0) is 55.5 Å². The highest BCUT2D eigenvalue weighted by Crippen LogP contribution is 2.32. The van der Waals surface area contributed by atoms with E-state index in [0.717, 1.165) is 48.4 Å². The number of carbonyl (C=O) groups excluding carboxylic acids is 1. The Morgan fingerprint density at radius 3 is 3.06 bits per heavy atom. The molecule has 2 aliphatic heterocycles. The molecular formula is C23H23ClN4O3. The van der Waals surface area contributed by atoms with Crippen molar-refractivity contribution in [2.45, 2.75) is 38.3 Å². The molecule has 0 fully saturated rings. The van der Waals surface area contributed by atoms with Crippen LogP contribution in [0.4, 0.5) is 0 Å². The lowest BCUT2D eigenvalue weighted by Crippen LogP contribution is -2.43. The molecule has 2 aromatic heterocycles. The number of rotatable bonds is 4. The molecule has 5 rings (SSSR count). The first-order valence-corrected chi connectivity index (χ1v) is 10.8. The number of hydrogen-bond acceptors (Lipinski definition) is 5.